The van der Waals surface area contributed by atoms with Crippen molar-refractivity contribution in [1.82, 2.24) is 0 Å². The summed E-state index contributed by atoms with van der Waals surface area (Å²) >= 11 is 0.500. The second-order valence-corrected chi connectivity index (χ2v) is 0.683. The van der Waals surface area contributed by atoms with E-state index in [4.69, 9.17) is 22.2 Å². The van der Waals surface area contributed by atoms with Gasteiger partial charge in [-0.2, -0.15) is 0 Å². The smallest absolute Gasteiger partial charge is 0 e. The molecule has 0 atom stereocenters. The molecule has 0 bridgehead atoms. The van der Waals surface area contributed by atoms with E-state index in [2.05, 4.69) is 44.2 Å². The minimum absolute atomic E-state index is 0. The summed E-state index contributed by atoms with van der Waals surface area (Å²) < 4.78 is 22.5. The van der Waals surface area contributed by atoms with Gasteiger partial charge in [-0.25, -0.2) is 0 Å². The van der Waals surface area contributed by atoms with Crippen LogP contribution < -0.4 is 0 Å². The largest absolute Gasteiger partial charge is 0.999 e. The van der Waals surface area contributed by atoms with Gasteiger partial charge in [0.05, 0.1) is 0 Å². The van der Waals surface area contributed by atoms with Crippen molar-refractivity contribution in [2.45, 2.75) is 0 Å². The molecule has 14 heavy (non-hydrogen) atoms. The summed E-state index contributed by atoms with van der Waals surface area (Å²) in [4.78, 5) is 0. The summed E-state index contributed by atoms with van der Waals surface area (Å²) in [5, 5.41) is 0. The van der Waals surface area contributed by atoms with Crippen LogP contribution in [0.5, 0.6) is 0 Å². The van der Waals surface area contributed by atoms with Crippen molar-refractivity contribution >= 4 is 8.25 Å². The molecule has 1 aromatic rings. The second-order valence-electron chi connectivity index (χ2n) is 0.683. The molecule has 0 heterocycles. The quantitative estimate of drug-likeness (QED) is 0.307. The molecule has 0 aromatic heterocycles. The Hall–Kier alpha value is 0.483. The Labute approximate surface area is 117 Å². The summed E-state index contributed by atoms with van der Waals surface area (Å²) in [6, 6.07) is 12.0. The van der Waals surface area contributed by atoms with E-state index in [1.165, 1.54) is 0 Å². The molecule has 0 fully saturated rings. The zero-order chi connectivity index (χ0) is 11.5. The number of hydrogen-bond donors (Lipinski definition) is 0. The van der Waals surface area contributed by atoms with Crippen LogP contribution in [0.2, 0.25) is 0 Å². The fourth-order valence-electron chi connectivity index (χ4n) is 0.180. The summed E-state index contributed by atoms with van der Waals surface area (Å²) in [5.41, 5.74) is 0. The van der Waals surface area contributed by atoms with Crippen LogP contribution in [-0.4, -0.2) is 0 Å². The van der Waals surface area contributed by atoms with Gasteiger partial charge in [-0.1, -0.05) is 0 Å². The minimum atomic E-state index is 0. The van der Waals surface area contributed by atoms with Gasteiger partial charge < -0.3 is 30.3 Å². The van der Waals surface area contributed by atoms with E-state index in [-0.39, 0.29) is 21.1 Å². The summed E-state index contributed by atoms with van der Waals surface area (Å²) in [5.74, 6) is 0. The maximum absolute atomic E-state index is 7.50. The van der Waals surface area contributed by atoms with Gasteiger partial charge in [0.2, 0.25) is 0 Å². The maximum atomic E-state index is 7.50. The van der Waals surface area contributed by atoms with Crippen molar-refractivity contribution in [3.05, 3.63) is 50.3 Å². The zero-order valence-corrected chi connectivity index (χ0v) is 15.1. The van der Waals surface area contributed by atoms with Crippen LogP contribution >= 0.6 is 8.25 Å². The van der Waals surface area contributed by atoms with Crippen molar-refractivity contribution in [3.63, 3.8) is 0 Å². The summed E-state index contributed by atoms with van der Waals surface area (Å²) in [7, 11) is 4.83. The van der Waals surface area contributed by atoms with Crippen LogP contribution in [0.4, 0.5) is 0 Å². The van der Waals surface area contributed by atoms with Crippen molar-refractivity contribution in [1.29, 1.82) is 0 Å². The summed E-state index contributed by atoms with van der Waals surface area (Å²) in [6.45, 7) is 13.5. The average molecular weight is 477 g/mol. The monoisotopic (exact) mass is 480 g/mol. The molecule has 0 aliphatic carbocycles. The van der Waals surface area contributed by atoms with Crippen LogP contribution in [0.3, 0.4) is 0 Å². The van der Waals surface area contributed by atoms with Crippen LogP contribution in [0.15, 0.2) is 6.07 Å². The predicted octanol–water partition coefficient (Wildman–Crippen LogP) is 1.18. The van der Waals surface area contributed by atoms with Gasteiger partial charge >= 0.3 is 67.0 Å². The van der Waals surface area contributed by atoms with E-state index in [0.717, 1.165) is 0 Å². The van der Waals surface area contributed by atoms with Crippen molar-refractivity contribution in [3.8, 4) is 0 Å². The Morgan fingerprint density at radius 3 is 1.14 bits per heavy atom. The van der Waals surface area contributed by atoms with Gasteiger partial charge in [0.15, 0.2) is 0 Å². The van der Waals surface area contributed by atoms with E-state index < -0.39 is 0 Å². The molecule has 1 aromatic carbocycles. The molecule has 0 saturated heterocycles. The standard InChI is InChI=1S/C5H.3CO.ClH.Hg.Mo/c1-2-4-5-3-1;3*1-2;;;/h1H;;;;1H;;/q-5;;;;;+1;/p-1. The van der Waals surface area contributed by atoms with E-state index in [0.29, 0.717) is 24.9 Å². The normalized spacial score (nSPS) is 3.79. The van der Waals surface area contributed by atoms with Crippen molar-refractivity contribution < 1.29 is 59.9 Å². The molecule has 1 rings (SSSR count). The van der Waals surface area contributed by atoms with Crippen LogP contribution in [-0.2, 0) is 59.9 Å². The molecule has 0 aliphatic heterocycles. The topological polar surface area (TPSA) is 59.7 Å². The van der Waals surface area contributed by atoms with Gasteiger partial charge in [-0.15, -0.1) is 0 Å². The average Bonchev–Trinajstić information content (AvgIpc) is 2.87. The number of halogens is 1. The molecule has 3 nitrogen and oxygen atoms in total. The van der Waals surface area contributed by atoms with Gasteiger partial charge in [0.1, 0.15) is 0 Å². The van der Waals surface area contributed by atoms with Crippen molar-refractivity contribution in [2.75, 3.05) is 0 Å². The predicted molar refractivity (Wildman–Crippen MR) is 35.0 cm³/mol. The minimum Gasteiger partial charge on any atom is -0.999 e. The molecule has 71 valence electrons. The Balaban J connectivity index is -0.0000000267. The van der Waals surface area contributed by atoms with Gasteiger partial charge in [0.25, 0.3) is 0 Å². The van der Waals surface area contributed by atoms with Crippen molar-refractivity contribution in [2.24, 2.45) is 0 Å². The molecule has 6 heteroatoms. The molecule has 0 aliphatic rings. The second kappa shape index (κ2) is 69.9. The Morgan fingerprint density at radius 2 is 1.07 bits per heavy atom. The zero-order valence-electron chi connectivity index (χ0n) is 6.80. The van der Waals surface area contributed by atoms with E-state index in [9.17, 15) is 0 Å². The van der Waals surface area contributed by atoms with Gasteiger partial charge in [0, 0.05) is 21.1 Å². The third-order valence-electron chi connectivity index (χ3n) is 0.351. The summed E-state index contributed by atoms with van der Waals surface area (Å²) in [6.07, 6.45) is 0. The first kappa shape index (κ1) is 29.3. The molecule has 0 amide bonds. The van der Waals surface area contributed by atoms with Gasteiger partial charge in [-0.05, 0) is 0 Å². The molecule has 0 N–H and O–H groups in total. The van der Waals surface area contributed by atoms with Crippen LogP contribution in [0, 0.1) is 44.2 Å². The first-order valence-corrected chi connectivity index (χ1v) is 8.98. The van der Waals surface area contributed by atoms with Gasteiger partial charge in [-0.3, -0.25) is 0 Å². The number of hydrogen-bond acceptors (Lipinski definition) is 0. The molecule has 0 spiro atoms. The molecule has 0 saturated carbocycles. The molecule has 0 radical (unpaired) electrons. The molecular weight excluding hydrogens is 476 g/mol. The Kier molecular flexibility index (Phi) is 146. The fourth-order valence-corrected chi connectivity index (χ4v) is 0.180. The Bertz CT molecular complexity index is 153. The third-order valence-corrected chi connectivity index (χ3v) is 0.351. The van der Waals surface area contributed by atoms with E-state index >= 15 is 0 Å². The van der Waals surface area contributed by atoms with E-state index in [1.807, 2.05) is 0 Å². The first-order valence-electron chi connectivity index (χ1n) is 2.21. The SMILES string of the molecule is [C-]#[O+].[C-]#[O+].[C-]#[O+].[Cl][Hg].[Mo].[c-]1[c-][c-][cH-][c-]1. The van der Waals surface area contributed by atoms with Crippen LogP contribution in [0.1, 0.15) is 0 Å². The fraction of sp³-hybridized carbons (Fsp3) is 0. The third kappa shape index (κ3) is 54.7. The van der Waals surface area contributed by atoms with Crippen LogP contribution in [0.25, 0.3) is 0 Å². The maximum Gasteiger partial charge on any atom is 0 e. The van der Waals surface area contributed by atoms with E-state index in [1.54, 1.807) is 6.07 Å². The molecule has 0 unspecified atom stereocenters. The Morgan fingerprint density at radius 1 is 0.857 bits per heavy atom. The number of rotatable bonds is 0. The molecular formula is C8HClHgMoO3-5. The first-order chi connectivity index (χ1) is 6.50.